The molecule has 2 aromatic rings. The van der Waals surface area contributed by atoms with E-state index in [9.17, 15) is 4.79 Å². The molecule has 1 amide bonds. The monoisotopic (exact) mass is 240 g/mol. The van der Waals surface area contributed by atoms with E-state index >= 15 is 0 Å². The third-order valence-electron chi connectivity index (χ3n) is 2.74. The summed E-state index contributed by atoms with van der Waals surface area (Å²) >= 11 is 0. The molecule has 2 rings (SSSR count). The van der Waals surface area contributed by atoms with Crippen molar-refractivity contribution in [2.75, 3.05) is 0 Å². The van der Waals surface area contributed by atoms with Crippen molar-refractivity contribution in [3.63, 3.8) is 0 Å². The minimum atomic E-state index is -0.390. The lowest BCUT2D eigenvalue weighted by molar-refractivity contribution is 0.100. The fourth-order valence-electron chi connectivity index (χ4n) is 1.73. The Labute approximate surface area is 107 Å². The van der Waals surface area contributed by atoms with E-state index in [-0.39, 0.29) is 0 Å². The van der Waals surface area contributed by atoms with Gasteiger partial charge < -0.3 is 11.1 Å². The second-order valence-corrected chi connectivity index (χ2v) is 4.15. The molecule has 0 aliphatic carbocycles. The molecule has 0 aliphatic heterocycles. The molecular weight excluding hydrogens is 224 g/mol. The van der Waals surface area contributed by atoms with Gasteiger partial charge in [0.15, 0.2) is 0 Å². The molecule has 0 bridgehead atoms. The molecule has 0 heterocycles. The van der Waals surface area contributed by atoms with Gasteiger partial charge in [0.05, 0.1) is 0 Å². The van der Waals surface area contributed by atoms with Gasteiger partial charge in [-0.3, -0.25) is 4.79 Å². The van der Waals surface area contributed by atoms with Crippen LogP contribution in [0.4, 0.5) is 0 Å². The second-order valence-electron chi connectivity index (χ2n) is 4.15. The highest BCUT2D eigenvalue weighted by atomic mass is 16.1. The van der Waals surface area contributed by atoms with E-state index in [0.29, 0.717) is 5.56 Å². The predicted octanol–water partition coefficient (Wildman–Crippen LogP) is 2.08. The maximum Gasteiger partial charge on any atom is 0.248 e. The van der Waals surface area contributed by atoms with E-state index in [1.54, 1.807) is 12.1 Å². The Morgan fingerprint density at radius 3 is 2.00 bits per heavy atom. The average Bonchev–Trinajstić information content (AvgIpc) is 2.40. The fraction of sp³-hybridized carbons (Fsp3) is 0.133. The van der Waals surface area contributed by atoms with Crippen LogP contribution in [-0.4, -0.2) is 5.91 Å². The summed E-state index contributed by atoms with van der Waals surface area (Å²) in [6.45, 7) is 1.60. The zero-order chi connectivity index (χ0) is 12.8. The first-order chi connectivity index (χ1) is 8.75. The topological polar surface area (TPSA) is 55.1 Å². The molecule has 3 nitrogen and oxygen atoms in total. The van der Waals surface area contributed by atoms with Gasteiger partial charge in [0.2, 0.25) is 5.91 Å². The summed E-state index contributed by atoms with van der Waals surface area (Å²) < 4.78 is 0. The van der Waals surface area contributed by atoms with Crippen molar-refractivity contribution in [3.8, 4) is 0 Å². The molecule has 0 saturated carbocycles. The Morgan fingerprint density at radius 1 is 0.889 bits per heavy atom. The quantitative estimate of drug-likeness (QED) is 0.840. The zero-order valence-corrected chi connectivity index (χ0v) is 10.1. The van der Waals surface area contributed by atoms with Crippen molar-refractivity contribution in [2.24, 2.45) is 5.73 Å². The number of hydrogen-bond donors (Lipinski definition) is 2. The molecule has 0 saturated heterocycles. The third kappa shape index (κ3) is 3.43. The number of nitrogens with one attached hydrogen (secondary N) is 1. The van der Waals surface area contributed by atoms with Gasteiger partial charge >= 0.3 is 0 Å². The molecule has 18 heavy (non-hydrogen) atoms. The largest absolute Gasteiger partial charge is 0.366 e. The van der Waals surface area contributed by atoms with E-state index in [2.05, 4.69) is 17.4 Å². The van der Waals surface area contributed by atoms with E-state index in [4.69, 9.17) is 5.73 Å². The van der Waals surface area contributed by atoms with Crippen LogP contribution in [0.5, 0.6) is 0 Å². The highest BCUT2D eigenvalue weighted by molar-refractivity contribution is 5.92. The Morgan fingerprint density at radius 2 is 1.44 bits per heavy atom. The molecule has 0 aliphatic rings. The summed E-state index contributed by atoms with van der Waals surface area (Å²) in [7, 11) is 0. The van der Waals surface area contributed by atoms with Crippen molar-refractivity contribution in [1.82, 2.24) is 5.32 Å². The van der Waals surface area contributed by atoms with Crippen LogP contribution in [-0.2, 0) is 13.1 Å². The van der Waals surface area contributed by atoms with Crippen LogP contribution in [0.2, 0.25) is 0 Å². The number of nitrogens with two attached hydrogens (primary N) is 1. The predicted molar refractivity (Wildman–Crippen MR) is 71.9 cm³/mol. The molecule has 3 N–H and O–H groups in total. The molecule has 0 unspecified atom stereocenters. The lowest BCUT2D eigenvalue weighted by Gasteiger charge is -2.05. The Bertz CT molecular complexity index is 506. The molecule has 0 fully saturated rings. The highest BCUT2D eigenvalue weighted by Crippen LogP contribution is 2.04. The second kappa shape index (κ2) is 5.98. The summed E-state index contributed by atoms with van der Waals surface area (Å²) in [4.78, 5) is 10.9. The summed E-state index contributed by atoms with van der Waals surface area (Å²) in [5.41, 5.74) is 8.12. The van der Waals surface area contributed by atoms with E-state index in [1.165, 1.54) is 5.56 Å². The maximum atomic E-state index is 10.9. The van der Waals surface area contributed by atoms with Gasteiger partial charge in [0.25, 0.3) is 0 Å². The Kier molecular flexibility index (Phi) is 4.10. The van der Waals surface area contributed by atoms with Gasteiger partial charge in [0, 0.05) is 18.7 Å². The smallest absolute Gasteiger partial charge is 0.248 e. The fourth-order valence-corrected chi connectivity index (χ4v) is 1.73. The number of carbonyl (C=O) groups is 1. The number of amides is 1. The number of carbonyl (C=O) groups excluding carboxylic acids is 1. The van der Waals surface area contributed by atoms with Crippen LogP contribution in [0.1, 0.15) is 21.5 Å². The molecule has 92 valence electrons. The number of hydrogen-bond acceptors (Lipinski definition) is 2. The molecule has 3 heteroatoms. The summed E-state index contributed by atoms with van der Waals surface area (Å²) in [6, 6.07) is 17.6. The minimum Gasteiger partial charge on any atom is -0.366 e. The minimum absolute atomic E-state index is 0.390. The van der Waals surface area contributed by atoms with Crippen LogP contribution in [0.3, 0.4) is 0 Å². The van der Waals surface area contributed by atoms with Crippen molar-refractivity contribution >= 4 is 5.91 Å². The zero-order valence-electron chi connectivity index (χ0n) is 10.1. The standard InChI is InChI=1S/C15H16N2O/c16-15(18)14-8-6-13(7-9-14)11-17-10-12-4-2-1-3-5-12/h1-9,17H,10-11H2,(H2,16,18). The maximum absolute atomic E-state index is 10.9. The normalized spacial score (nSPS) is 10.2. The van der Waals surface area contributed by atoms with Gasteiger partial charge in [-0.25, -0.2) is 0 Å². The van der Waals surface area contributed by atoms with Gasteiger partial charge in [-0.1, -0.05) is 42.5 Å². The van der Waals surface area contributed by atoms with Crippen LogP contribution in [0.15, 0.2) is 54.6 Å². The van der Waals surface area contributed by atoms with E-state index in [0.717, 1.165) is 18.7 Å². The van der Waals surface area contributed by atoms with Crippen molar-refractivity contribution in [3.05, 3.63) is 71.3 Å². The van der Waals surface area contributed by atoms with Crippen molar-refractivity contribution in [2.45, 2.75) is 13.1 Å². The van der Waals surface area contributed by atoms with E-state index < -0.39 is 5.91 Å². The van der Waals surface area contributed by atoms with Crippen LogP contribution >= 0.6 is 0 Å². The molecular formula is C15H16N2O. The van der Waals surface area contributed by atoms with Gasteiger partial charge in [-0.05, 0) is 23.3 Å². The lowest BCUT2D eigenvalue weighted by atomic mass is 10.1. The molecule has 2 aromatic carbocycles. The van der Waals surface area contributed by atoms with Gasteiger partial charge in [0.1, 0.15) is 0 Å². The average molecular weight is 240 g/mol. The molecule has 0 atom stereocenters. The SMILES string of the molecule is NC(=O)c1ccc(CNCc2ccccc2)cc1. The first-order valence-electron chi connectivity index (χ1n) is 5.89. The van der Waals surface area contributed by atoms with E-state index in [1.807, 2.05) is 30.3 Å². The number of rotatable bonds is 5. The highest BCUT2D eigenvalue weighted by Gasteiger charge is 1.99. The van der Waals surface area contributed by atoms with Gasteiger partial charge in [-0.15, -0.1) is 0 Å². The van der Waals surface area contributed by atoms with Crippen LogP contribution in [0.25, 0.3) is 0 Å². The Balaban J connectivity index is 1.85. The molecule has 0 aromatic heterocycles. The van der Waals surface area contributed by atoms with Gasteiger partial charge in [-0.2, -0.15) is 0 Å². The number of benzene rings is 2. The lowest BCUT2D eigenvalue weighted by Crippen LogP contribution is -2.13. The molecule has 0 spiro atoms. The van der Waals surface area contributed by atoms with Crippen LogP contribution < -0.4 is 11.1 Å². The Hall–Kier alpha value is -2.13. The first kappa shape index (κ1) is 12.3. The first-order valence-corrected chi connectivity index (χ1v) is 5.89. The third-order valence-corrected chi connectivity index (χ3v) is 2.74. The number of primary amides is 1. The van der Waals surface area contributed by atoms with Crippen molar-refractivity contribution < 1.29 is 4.79 Å². The summed E-state index contributed by atoms with van der Waals surface area (Å²) in [5.74, 6) is -0.390. The molecule has 0 radical (unpaired) electrons. The summed E-state index contributed by atoms with van der Waals surface area (Å²) in [6.07, 6.45) is 0. The van der Waals surface area contributed by atoms with Crippen LogP contribution in [0, 0.1) is 0 Å². The van der Waals surface area contributed by atoms with Crippen molar-refractivity contribution in [1.29, 1.82) is 0 Å². The summed E-state index contributed by atoms with van der Waals surface area (Å²) in [5, 5.41) is 3.35.